The van der Waals surface area contributed by atoms with Crippen LogP contribution in [0.3, 0.4) is 0 Å². The molecule has 136 valence electrons. The molecule has 2 fully saturated rings. The van der Waals surface area contributed by atoms with Crippen LogP contribution in [0.2, 0.25) is 0 Å². The SMILES string of the molecule is CC[C@H]1Cc2ncc(C(=O)NO)cc2CN1CC1C2CC1CN(C)C2. The largest absolute Gasteiger partial charge is 0.306 e. The van der Waals surface area contributed by atoms with Crippen molar-refractivity contribution in [3.8, 4) is 0 Å². The molecule has 1 aromatic heterocycles. The standard InChI is InChI=1S/C19H28N4O2/c1-3-16-6-18-15(4-12(7-20-18)19(24)21-25)10-23(16)11-17-13-5-14(17)9-22(2)8-13/h4,7,13-14,16-17,25H,3,5-6,8-11H2,1-2H3,(H,21,24)/t13?,14?,16-,17?/m0/s1. The van der Waals surface area contributed by atoms with Gasteiger partial charge in [-0.2, -0.15) is 0 Å². The van der Waals surface area contributed by atoms with Crippen LogP contribution in [0.25, 0.3) is 0 Å². The average molecular weight is 344 g/mol. The molecule has 1 saturated carbocycles. The lowest BCUT2D eigenvalue weighted by Gasteiger charge is -2.55. The number of carbonyl (C=O) groups excluding carboxylic acids is 1. The fraction of sp³-hybridized carbons (Fsp3) is 0.684. The summed E-state index contributed by atoms with van der Waals surface area (Å²) in [5.74, 6) is 2.04. The minimum absolute atomic E-state index is 0.429. The van der Waals surface area contributed by atoms with Crippen molar-refractivity contribution in [2.75, 3.05) is 26.7 Å². The van der Waals surface area contributed by atoms with E-state index in [0.717, 1.165) is 54.9 Å². The van der Waals surface area contributed by atoms with Crippen LogP contribution in [0.5, 0.6) is 0 Å². The maximum Gasteiger partial charge on any atom is 0.276 e. The third kappa shape index (κ3) is 3.07. The van der Waals surface area contributed by atoms with Crippen molar-refractivity contribution in [1.82, 2.24) is 20.3 Å². The summed E-state index contributed by atoms with van der Waals surface area (Å²) in [7, 11) is 2.24. The Kier molecular flexibility index (Phi) is 4.52. The molecule has 3 aliphatic rings. The first kappa shape index (κ1) is 16.9. The van der Waals surface area contributed by atoms with Crippen molar-refractivity contribution in [1.29, 1.82) is 0 Å². The van der Waals surface area contributed by atoms with Gasteiger partial charge in [-0.05, 0) is 49.3 Å². The van der Waals surface area contributed by atoms with Gasteiger partial charge < -0.3 is 4.90 Å². The first-order valence-corrected chi connectivity index (χ1v) is 9.43. The molecule has 1 saturated heterocycles. The number of hydroxylamine groups is 1. The van der Waals surface area contributed by atoms with Gasteiger partial charge in [0.2, 0.25) is 0 Å². The summed E-state index contributed by atoms with van der Waals surface area (Å²) in [4.78, 5) is 21.3. The minimum atomic E-state index is -0.490. The van der Waals surface area contributed by atoms with Crippen molar-refractivity contribution in [3.63, 3.8) is 0 Å². The first-order valence-electron chi connectivity index (χ1n) is 9.43. The van der Waals surface area contributed by atoms with Gasteiger partial charge in [0, 0.05) is 50.5 Å². The van der Waals surface area contributed by atoms with E-state index in [-0.39, 0.29) is 0 Å². The summed E-state index contributed by atoms with van der Waals surface area (Å²) in [6.07, 6.45) is 5.05. The normalized spacial score (nSPS) is 32.0. The van der Waals surface area contributed by atoms with Crippen LogP contribution in [0.1, 0.15) is 41.4 Å². The fourth-order valence-electron chi connectivity index (χ4n) is 5.16. The Labute approximate surface area is 149 Å². The molecular formula is C19H28N4O2. The zero-order chi connectivity index (χ0) is 17.6. The van der Waals surface area contributed by atoms with E-state index < -0.39 is 5.91 Å². The lowest BCUT2D eigenvalue weighted by molar-refractivity contribution is -0.0573. The topological polar surface area (TPSA) is 68.7 Å². The molecule has 0 spiro atoms. The molecule has 3 atom stereocenters. The molecule has 2 unspecified atom stereocenters. The third-order valence-electron chi connectivity index (χ3n) is 6.57. The van der Waals surface area contributed by atoms with Crippen molar-refractivity contribution >= 4 is 5.91 Å². The van der Waals surface area contributed by atoms with Crippen molar-refractivity contribution < 1.29 is 10.0 Å². The molecule has 2 N–H and O–H groups in total. The molecule has 2 aliphatic heterocycles. The lowest BCUT2D eigenvalue weighted by atomic mass is 9.61. The number of hydrogen-bond donors (Lipinski definition) is 2. The Morgan fingerprint density at radius 3 is 2.84 bits per heavy atom. The van der Waals surface area contributed by atoms with Crippen LogP contribution < -0.4 is 5.48 Å². The van der Waals surface area contributed by atoms with Gasteiger partial charge in [0.15, 0.2) is 0 Å². The predicted molar refractivity (Wildman–Crippen MR) is 94.3 cm³/mol. The first-order chi connectivity index (χ1) is 12.1. The third-order valence-corrected chi connectivity index (χ3v) is 6.57. The van der Waals surface area contributed by atoms with Crippen molar-refractivity contribution in [2.24, 2.45) is 17.8 Å². The van der Waals surface area contributed by atoms with Gasteiger partial charge in [-0.1, -0.05) is 6.92 Å². The highest BCUT2D eigenvalue weighted by Crippen LogP contribution is 2.46. The maximum absolute atomic E-state index is 11.7. The molecule has 0 radical (unpaired) electrons. The van der Waals surface area contributed by atoms with E-state index in [9.17, 15) is 4.79 Å². The number of amides is 1. The number of fused-ring (bicyclic) bond motifs is 3. The van der Waals surface area contributed by atoms with E-state index in [1.165, 1.54) is 19.5 Å². The van der Waals surface area contributed by atoms with Crippen LogP contribution in [0, 0.1) is 17.8 Å². The van der Waals surface area contributed by atoms with Crippen LogP contribution in [-0.4, -0.2) is 58.6 Å². The zero-order valence-corrected chi connectivity index (χ0v) is 15.1. The van der Waals surface area contributed by atoms with Gasteiger partial charge in [-0.25, -0.2) is 5.48 Å². The van der Waals surface area contributed by atoms with E-state index in [0.29, 0.717) is 11.6 Å². The van der Waals surface area contributed by atoms with Gasteiger partial charge in [-0.3, -0.25) is 19.9 Å². The second-order valence-corrected chi connectivity index (χ2v) is 8.11. The number of likely N-dealkylation sites (tertiary alicyclic amines) is 1. The predicted octanol–water partition coefficient (Wildman–Crippen LogP) is 1.53. The van der Waals surface area contributed by atoms with Crippen LogP contribution in [0.15, 0.2) is 12.3 Å². The van der Waals surface area contributed by atoms with Crippen LogP contribution in [-0.2, 0) is 13.0 Å². The van der Waals surface area contributed by atoms with E-state index in [2.05, 4.69) is 28.8 Å². The van der Waals surface area contributed by atoms with Gasteiger partial charge in [-0.15, -0.1) is 0 Å². The minimum Gasteiger partial charge on any atom is -0.306 e. The molecule has 1 aliphatic carbocycles. The summed E-state index contributed by atoms with van der Waals surface area (Å²) < 4.78 is 0. The van der Waals surface area contributed by atoms with Gasteiger partial charge in [0.25, 0.3) is 5.91 Å². The van der Waals surface area contributed by atoms with Crippen LogP contribution >= 0.6 is 0 Å². The van der Waals surface area contributed by atoms with Gasteiger partial charge in [0.05, 0.1) is 5.56 Å². The smallest absolute Gasteiger partial charge is 0.276 e. The number of pyridine rings is 1. The number of nitrogens with one attached hydrogen (secondary N) is 1. The summed E-state index contributed by atoms with van der Waals surface area (Å²) in [5, 5.41) is 8.85. The molecule has 1 aromatic rings. The molecule has 1 amide bonds. The second kappa shape index (κ2) is 6.67. The molecule has 6 nitrogen and oxygen atoms in total. The van der Waals surface area contributed by atoms with E-state index in [1.54, 1.807) is 11.7 Å². The summed E-state index contributed by atoms with van der Waals surface area (Å²) >= 11 is 0. The Morgan fingerprint density at radius 2 is 2.16 bits per heavy atom. The lowest BCUT2D eigenvalue weighted by Crippen LogP contribution is -2.58. The zero-order valence-electron chi connectivity index (χ0n) is 15.1. The Morgan fingerprint density at radius 1 is 1.40 bits per heavy atom. The molecule has 0 aromatic carbocycles. The molecule has 3 heterocycles. The molecule has 25 heavy (non-hydrogen) atoms. The highest BCUT2D eigenvalue weighted by Gasteiger charge is 2.46. The van der Waals surface area contributed by atoms with Crippen molar-refractivity contribution in [3.05, 3.63) is 29.1 Å². The van der Waals surface area contributed by atoms with Crippen LogP contribution in [0.4, 0.5) is 0 Å². The number of piperidine rings is 2. The number of aromatic nitrogens is 1. The highest BCUT2D eigenvalue weighted by atomic mass is 16.5. The summed E-state index contributed by atoms with van der Waals surface area (Å²) in [6.45, 7) is 6.76. The molecule has 2 bridgehead atoms. The average Bonchev–Trinajstić information content (AvgIpc) is 2.63. The fourth-order valence-corrected chi connectivity index (χ4v) is 5.16. The quantitative estimate of drug-likeness (QED) is 0.640. The number of carbonyl (C=O) groups is 1. The van der Waals surface area contributed by atoms with Crippen molar-refractivity contribution in [2.45, 2.75) is 38.8 Å². The number of hydrogen-bond acceptors (Lipinski definition) is 5. The van der Waals surface area contributed by atoms with Gasteiger partial charge in [0.1, 0.15) is 0 Å². The van der Waals surface area contributed by atoms with E-state index >= 15 is 0 Å². The Balaban J connectivity index is 1.50. The van der Waals surface area contributed by atoms with E-state index in [1.807, 2.05) is 6.07 Å². The summed E-state index contributed by atoms with van der Waals surface area (Å²) in [5.41, 5.74) is 4.37. The number of nitrogens with zero attached hydrogens (tertiary/aromatic N) is 3. The molecular weight excluding hydrogens is 316 g/mol. The van der Waals surface area contributed by atoms with E-state index in [4.69, 9.17) is 5.21 Å². The monoisotopic (exact) mass is 344 g/mol. The number of rotatable bonds is 4. The molecule has 4 rings (SSSR count). The summed E-state index contributed by atoms with van der Waals surface area (Å²) in [6, 6.07) is 2.43. The Hall–Kier alpha value is -1.50. The highest BCUT2D eigenvalue weighted by molar-refractivity contribution is 5.93. The Bertz CT molecular complexity index is 653. The van der Waals surface area contributed by atoms with Gasteiger partial charge >= 0.3 is 0 Å². The molecule has 6 heteroatoms. The second-order valence-electron chi connectivity index (χ2n) is 8.11. The maximum atomic E-state index is 11.7.